The van der Waals surface area contributed by atoms with E-state index in [1.807, 2.05) is 18.7 Å². The summed E-state index contributed by atoms with van der Waals surface area (Å²) in [5, 5.41) is 14.4. The van der Waals surface area contributed by atoms with Gasteiger partial charge in [-0.1, -0.05) is 19.1 Å². The summed E-state index contributed by atoms with van der Waals surface area (Å²) in [6.45, 7) is 9.60. The third-order valence-electron chi connectivity index (χ3n) is 6.73. The van der Waals surface area contributed by atoms with E-state index in [0.717, 1.165) is 50.2 Å². The summed E-state index contributed by atoms with van der Waals surface area (Å²) in [4.78, 5) is 20.4. The van der Waals surface area contributed by atoms with Crippen molar-refractivity contribution in [2.45, 2.75) is 58.2 Å². The number of fused-ring (bicyclic) bond motifs is 2. The lowest BCUT2D eigenvalue weighted by Crippen LogP contribution is -2.57. The summed E-state index contributed by atoms with van der Waals surface area (Å²) in [6, 6.07) is 7.06. The number of benzene rings is 1. The smallest absolute Gasteiger partial charge is 0.317 e. The van der Waals surface area contributed by atoms with Gasteiger partial charge in [0.1, 0.15) is 0 Å². The molecule has 6 nitrogen and oxygen atoms in total. The largest absolute Gasteiger partial charge is 0.390 e. The van der Waals surface area contributed by atoms with Gasteiger partial charge in [-0.25, -0.2) is 4.79 Å². The number of aromatic amines is 1. The molecule has 3 N–H and O–H groups in total. The van der Waals surface area contributed by atoms with E-state index in [0.29, 0.717) is 12.0 Å². The van der Waals surface area contributed by atoms with Crippen LogP contribution in [0.1, 0.15) is 49.9 Å². The Labute approximate surface area is 166 Å². The molecule has 0 bridgehead atoms. The number of nitrogens with zero attached hydrogens (tertiary/aromatic N) is 2. The first-order valence-electron chi connectivity index (χ1n) is 10.6. The zero-order valence-electron chi connectivity index (χ0n) is 17.2. The van der Waals surface area contributed by atoms with Crippen LogP contribution < -0.4 is 5.32 Å². The van der Waals surface area contributed by atoms with Crippen molar-refractivity contribution < 1.29 is 9.90 Å². The molecule has 0 saturated carbocycles. The maximum Gasteiger partial charge on any atom is 0.317 e. The summed E-state index contributed by atoms with van der Waals surface area (Å²) in [5.74, 6) is 0.397. The Morgan fingerprint density at radius 1 is 1.32 bits per heavy atom. The zero-order chi connectivity index (χ0) is 19.8. The van der Waals surface area contributed by atoms with E-state index in [2.05, 4.69) is 40.3 Å². The summed E-state index contributed by atoms with van der Waals surface area (Å²) in [5.41, 5.74) is 4.71. The van der Waals surface area contributed by atoms with Crippen molar-refractivity contribution in [2.75, 3.05) is 26.2 Å². The molecule has 1 aromatic heterocycles. The number of urea groups is 1. The van der Waals surface area contributed by atoms with Gasteiger partial charge in [0.2, 0.25) is 0 Å². The van der Waals surface area contributed by atoms with Crippen molar-refractivity contribution in [2.24, 2.45) is 0 Å². The molecule has 1 aliphatic carbocycles. The number of carbonyl (C=O) groups excluding carboxylic acids is 1. The summed E-state index contributed by atoms with van der Waals surface area (Å²) < 4.78 is 0. The number of likely N-dealkylation sites (N-methyl/N-ethyl adjacent to an activating group) is 1. The first-order valence-corrected chi connectivity index (χ1v) is 10.6. The molecule has 1 fully saturated rings. The number of likely N-dealkylation sites (tertiary alicyclic amines) is 1. The highest BCUT2D eigenvalue weighted by molar-refractivity contribution is 5.89. The molecule has 3 atom stereocenters. The number of hydrogen-bond acceptors (Lipinski definition) is 3. The van der Waals surface area contributed by atoms with Gasteiger partial charge in [-0.15, -0.1) is 0 Å². The van der Waals surface area contributed by atoms with Crippen molar-refractivity contribution in [1.82, 2.24) is 20.1 Å². The molecule has 4 rings (SSSR count). The molecular weight excluding hydrogens is 352 g/mol. The van der Waals surface area contributed by atoms with Crippen molar-refractivity contribution in [3.8, 4) is 0 Å². The molecule has 1 unspecified atom stereocenters. The van der Waals surface area contributed by atoms with Crippen LogP contribution in [0, 0.1) is 0 Å². The lowest BCUT2D eigenvalue weighted by atomic mass is 9.73. The number of carbonyl (C=O) groups is 1. The van der Waals surface area contributed by atoms with Gasteiger partial charge in [0.25, 0.3) is 0 Å². The molecule has 1 aromatic carbocycles. The van der Waals surface area contributed by atoms with E-state index in [-0.39, 0.29) is 18.7 Å². The summed E-state index contributed by atoms with van der Waals surface area (Å²) >= 11 is 0. The minimum Gasteiger partial charge on any atom is -0.390 e. The predicted molar refractivity (Wildman–Crippen MR) is 112 cm³/mol. The van der Waals surface area contributed by atoms with Crippen LogP contribution >= 0.6 is 0 Å². The fourth-order valence-corrected chi connectivity index (χ4v) is 5.34. The van der Waals surface area contributed by atoms with Crippen LogP contribution in [-0.4, -0.2) is 64.2 Å². The second kappa shape index (κ2) is 7.76. The number of aliphatic hydroxyl groups is 1. The Morgan fingerprint density at radius 3 is 2.79 bits per heavy atom. The number of H-pyrrole nitrogens is 1. The second-order valence-corrected chi connectivity index (χ2v) is 8.03. The van der Waals surface area contributed by atoms with Crippen LogP contribution in [0.3, 0.4) is 0 Å². The van der Waals surface area contributed by atoms with Crippen molar-refractivity contribution in [1.29, 1.82) is 0 Å². The van der Waals surface area contributed by atoms with Gasteiger partial charge >= 0.3 is 6.03 Å². The fraction of sp³-hybridized carbons (Fsp3) is 0.591. The average Bonchev–Trinajstić information content (AvgIpc) is 3.08. The van der Waals surface area contributed by atoms with E-state index >= 15 is 0 Å². The van der Waals surface area contributed by atoms with Gasteiger partial charge in [-0.3, -0.25) is 4.90 Å². The van der Waals surface area contributed by atoms with Crippen LogP contribution in [-0.2, 0) is 13.0 Å². The first-order chi connectivity index (χ1) is 13.6. The molecule has 2 aliphatic rings. The minimum atomic E-state index is 0.0448. The van der Waals surface area contributed by atoms with Gasteiger partial charge in [-0.2, -0.15) is 0 Å². The average molecular weight is 385 g/mol. The topological polar surface area (TPSA) is 71.6 Å². The van der Waals surface area contributed by atoms with Crippen LogP contribution in [0.5, 0.6) is 0 Å². The molecule has 2 aromatic rings. The summed E-state index contributed by atoms with van der Waals surface area (Å²) in [7, 11) is 0. The third kappa shape index (κ3) is 3.08. The van der Waals surface area contributed by atoms with E-state index in [1.54, 1.807) is 0 Å². The van der Waals surface area contributed by atoms with Crippen LogP contribution in [0.15, 0.2) is 18.2 Å². The maximum absolute atomic E-state index is 12.6. The second-order valence-electron chi connectivity index (χ2n) is 8.03. The SMILES string of the molecule is CCN(CC)C(=O)N[C@H]1CC2c3cccc4[nH]c(CO)c(c34)C[C@H]2N(CC)C1. The lowest BCUT2D eigenvalue weighted by Gasteiger charge is -2.47. The number of nitrogens with one attached hydrogen (secondary N) is 2. The summed E-state index contributed by atoms with van der Waals surface area (Å²) in [6.07, 6.45) is 1.93. The molecular formula is C22H32N4O2. The monoisotopic (exact) mass is 384 g/mol. The number of aromatic nitrogens is 1. The Kier molecular flexibility index (Phi) is 5.34. The molecule has 152 valence electrons. The standard InChI is InChI=1S/C22H32N4O2/c1-4-25(5-2)22(28)23-14-10-16-15-8-7-9-18-21(15)17(19(13-27)24-18)11-20(16)26(6-3)12-14/h7-9,14,16,20,24,27H,4-6,10-13H2,1-3H3,(H,23,28)/t14-,16?,20+/m0/s1. The Morgan fingerprint density at radius 2 is 2.11 bits per heavy atom. The third-order valence-corrected chi connectivity index (χ3v) is 6.73. The van der Waals surface area contributed by atoms with E-state index in [1.165, 1.54) is 16.5 Å². The van der Waals surface area contributed by atoms with Crippen LogP contribution in [0.4, 0.5) is 4.79 Å². The molecule has 2 amide bonds. The van der Waals surface area contributed by atoms with Gasteiger partial charge in [0.05, 0.1) is 6.61 Å². The number of piperidine rings is 1. The highest BCUT2D eigenvalue weighted by atomic mass is 16.3. The Bertz CT molecular complexity index is 858. The molecule has 28 heavy (non-hydrogen) atoms. The van der Waals surface area contributed by atoms with Gasteiger partial charge in [-0.05, 0) is 50.4 Å². The van der Waals surface area contributed by atoms with Gasteiger partial charge in [0.15, 0.2) is 0 Å². The number of hydrogen-bond donors (Lipinski definition) is 3. The molecule has 1 saturated heterocycles. The number of rotatable bonds is 5. The van der Waals surface area contributed by atoms with E-state index < -0.39 is 0 Å². The van der Waals surface area contributed by atoms with Crippen molar-refractivity contribution >= 4 is 16.9 Å². The molecule has 0 spiro atoms. The van der Waals surface area contributed by atoms with Gasteiger partial charge in [0, 0.05) is 54.2 Å². The predicted octanol–water partition coefficient (Wildman–Crippen LogP) is 2.81. The molecule has 0 radical (unpaired) electrons. The molecule has 6 heteroatoms. The van der Waals surface area contributed by atoms with Crippen molar-refractivity contribution in [3.63, 3.8) is 0 Å². The highest BCUT2D eigenvalue weighted by Crippen LogP contribution is 2.44. The number of aliphatic hydroxyl groups excluding tert-OH is 1. The molecule has 2 heterocycles. The maximum atomic E-state index is 12.6. The zero-order valence-corrected chi connectivity index (χ0v) is 17.2. The van der Waals surface area contributed by atoms with Crippen LogP contribution in [0.2, 0.25) is 0 Å². The normalized spacial score (nSPS) is 24.2. The lowest BCUT2D eigenvalue weighted by molar-refractivity contribution is 0.103. The van der Waals surface area contributed by atoms with Crippen LogP contribution in [0.25, 0.3) is 10.9 Å². The van der Waals surface area contributed by atoms with E-state index in [4.69, 9.17) is 0 Å². The van der Waals surface area contributed by atoms with Gasteiger partial charge < -0.3 is 20.3 Å². The van der Waals surface area contributed by atoms with Crippen molar-refractivity contribution in [3.05, 3.63) is 35.0 Å². The fourth-order valence-electron chi connectivity index (χ4n) is 5.34. The Balaban J connectivity index is 1.66. The quantitative estimate of drug-likeness (QED) is 0.742. The number of amides is 2. The highest BCUT2D eigenvalue weighted by Gasteiger charge is 2.41. The first kappa shape index (κ1) is 19.3. The minimum absolute atomic E-state index is 0.0448. The molecule has 1 aliphatic heterocycles. The van der Waals surface area contributed by atoms with E-state index in [9.17, 15) is 9.90 Å². The Hall–Kier alpha value is -2.05.